The Morgan fingerprint density at radius 3 is 2.24 bits per heavy atom. The van der Waals surface area contributed by atoms with Crippen molar-refractivity contribution in [1.82, 2.24) is 0 Å². The topological polar surface area (TPSA) is 20.2 Å². The van der Waals surface area contributed by atoms with Crippen LogP contribution in [0.25, 0.3) is 0 Å². The predicted molar refractivity (Wildman–Crippen MR) is 65.3 cm³/mol. The van der Waals surface area contributed by atoms with Crippen LogP contribution in [0.3, 0.4) is 0 Å². The van der Waals surface area contributed by atoms with Gasteiger partial charge in [0.05, 0.1) is 0 Å². The third-order valence-electron chi connectivity index (χ3n) is 3.44. The van der Waals surface area contributed by atoms with E-state index in [0.29, 0.717) is 0 Å². The second-order valence-electron chi connectivity index (χ2n) is 5.12. The van der Waals surface area contributed by atoms with Gasteiger partial charge in [-0.1, -0.05) is 39.0 Å². The van der Waals surface area contributed by atoms with Crippen LogP contribution >= 0.6 is 0 Å². The van der Waals surface area contributed by atoms with Gasteiger partial charge in [0.2, 0.25) is 0 Å². The normalized spacial score (nSPS) is 14.8. The summed E-state index contributed by atoms with van der Waals surface area (Å²) in [5.74, 6) is -3.19. The molecule has 1 rings (SSSR count). The van der Waals surface area contributed by atoms with Gasteiger partial charge >= 0.3 is 0 Å². The highest BCUT2D eigenvalue weighted by Crippen LogP contribution is 2.35. The molecular weight excluding hydrogens is 222 g/mol. The van der Waals surface area contributed by atoms with Gasteiger partial charge in [0, 0.05) is 5.56 Å². The van der Waals surface area contributed by atoms with E-state index in [1.807, 2.05) is 26.8 Å². The summed E-state index contributed by atoms with van der Waals surface area (Å²) in [7, 11) is 0. The molecule has 0 unspecified atom stereocenters. The fourth-order valence-corrected chi connectivity index (χ4v) is 1.59. The number of alkyl halides is 2. The molecule has 17 heavy (non-hydrogen) atoms. The molecule has 1 nitrogen and oxygen atoms in total. The first-order valence-electron chi connectivity index (χ1n) is 5.88. The lowest BCUT2D eigenvalue weighted by molar-refractivity contribution is -0.106. The zero-order chi connectivity index (χ0) is 13.3. The first-order chi connectivity index (χ1) is 7.71. The highest BCUT2D eigenvalue weighted by atomic mass is 19.3. The van der Waals surface area contributed by atoms with Crippen LogP contribution in [0.5, 0.6) is 0 Å². The lowest BCUT2D eigenvalue weighted by Crippen LogP contribution is -2.28. The van der Waals surface area contributed by atoms with E-state index in [0.717, 1.165) is 18.9 Å². The average Bonchev–Trinajstić information content (AvgIpc) is 2.29. The van der Waals surface area contributed by atoms with E-state index in [1.54, 1.807) is 6.07 Å². The van der Waals surface area contributed by atoms with Crippen molar-refractivity contribution in [3.63, 3.8) is 0 Å². The van der Waals surface area contributed by atoms with Gasteiger partial charge in [-0.3, -0.25) is 0 Å². The van der Waals surface area contributed by atoms with Gasteiger partial charge in [-0.2, -0.15) is 8.78 Å². The Morgan fingerprint density at radius 1 is 1.24 bits per heavy atom. The minimum atomic E-state index is -3.19. The summed E-state index contributed by atoms with van der Waals surface area (Å²) >= 11 is 0. The molecule has 0 radical (unpaired) electrons. The molecule has 0 saturated heterocycles. The zero-order valence-electron chi connectivity index (χ0n) is 10.8. The monoisotopic (exact) mass is 242 g/mol. The van der Waals surface area contributed by atoms with Gasteiger partial charge in [-0.25, -0.2) is 0 Å². The Kier molecular flexibility index (Phi) is 3.92. The SMILES string of the molecule is CCC(C)(C)c1cccc(C(F)(F)[C@@H](C)O)c1. The second kappa shape index (κ2) is 4.73. The molecule has 0 aliphatic carbocycles. The Morgan fingerprint density at radius 2 is 1.76 bits per heavy atom. The van der Waals surface area contributed by atoms with Crippen LogP contribution < -0.4 is 0 Å². The van der Waals surface area contributed by atoms with E-state index in [-0.39, 0.29) is 11.0 Å². The number of aliphatic hydroxyl groups excluding tert-OH is 1. The van der Waals surface area contributed by atoms with Crippen LogP contribution in [0.4, 0.5) is 8.78 Å². The maximum atomic E-state index is 13.7. The Hall–Kier alpha value is -0.960. The summed E-state index contributed by atoms with van der Waals surface area (Å²) in [6.07, 6.45) is -0.807. The molecular formula is C14H20F2O. The van der Waals surface area contributed by atoms with E-state index >= 15 is 0 Å². The van der Waals surface area contributed by atoms with Crippen molar-refractivity contribution >= 4 is 0 Å². The molecule has 1 atom stereocenters. The summed E-state index contributed by atoms with van der Waals surface area (Å²) in [6, 6.07) is 6.33. The molecule has 0 bridgehead atoms. The van der Waals surface area contributed by atoms with Gasteiger partial charge in [-0.05, 0) is 30.4 Å². The smallest absolute Gasteiger partial charge is 0.298 e. The van der Waals surface area contributed by atoms with Gasteiger partial charge in [0.1, 0.15) is 6.10 Å². The number of halogens is 2. The highest BCUT2D eigenvalue weighted by Gasteiger charge is 2.38. The van der Waals surface area contributed by atoms with Gasteiger partial charge in [0.15, 0.2) is 0 Å². The standard InChI is InChI=1S/C14H20F2O/c1-5-13(3,4)11-7-6-8-12(9-11)14(15,16)10(2)17/h6-10,17H,5H2,1-4H3/t10-/m1/s1. The van der Waals surface area contributed by atoms with Crippen LogP contribution in [0.15, 0.2) is 24.3 Å². The fourth-order valence-electron chi connectivity index (χ4n) is 1.59. The van der Waals surface area contributed by atoms with Crippen LogP contribution in [-0.4, -0.2) is 11.2 Å². The maximum absolute atomic E-state index is 13.7. The number of hydrogen-bond acceptors (Lipinski definition) is 1. The Labute approximate surface area is 101 Å². The summed E-state index contributed by atoms with van der Waals surface area (Å²) in [4.78, 5) is 0. The minimum Gasteiger partial charge on any atom is -0.387 e. The van der Waals surface area contributed by atoms with Crippen LogP contribution in [-0.2, 0) is 11.3 Å². The van der Waals surface area contributed by atoms with E-state index in [1.165, 1.54) is 12.1 Å². The quantitative estimate of drug-likeness (QED) is 0.850. The molecule has 0 aromatic heterocycles. The van der Waals surface area contributed by atoms with Crippen LogP contribution in [0, 0.1) is 0 Å². The van der Waals surface area contributed by atoms with E-state index in [9.17, 15) is 8.78 Å². The van der Waals surface area contributed by atoms with Crippen molar-refractivity contribution in [2.75, 3.05) is 0 Å². The first kappa shape index (κ1) is 14.1. The molecule has 0 saturated carbocycles. The van der Waals surface area contributed by atoms with Crippen molar-refractivity contribution in [1.29, 1.82) is 0 Å². The molecule has 0 spiro atoms. The molecule has 0 heterocycles. The lowest BCUT2D eigenvalue weighted by atomic mass is 9.81. The number of rotatable bonds is 4. The minimum absolute atomic E-state index is 0.119. The van der Waals surface area contributed by atoms with Crippen LogP contribution in [0.2, 0.25) is 0 Å². The number of benzene rings is 1. The van der Waals surface area contributed by atoms with Gasteiger partial charge < -0.3 is 5.11 Å². The third-order valence-corrected chi connectivity index (χ3v) is 3.44. The molecule has 0 amide bonds. The molecule has 96 valence electrons. The molecule has 3 heteroatoms. The van der Waals surface area contributed by atoms with Crippen molar-refractivity contribution in [3.8, 4) is 0 Å². The molecule has 1 N–H and O–H groups in total. The van der Waals surface area contributed by atoms with Gasteiger partial charge in [0.25, 0.3) is 5.92 Å². The number of hydrogen-bond donors (Lipinski definition) is 1. The third kappa shape index (κ3) is 2.83. The van der Waals surface area contributed by atoms with E-state index in [4.69, 9.17) is 5.11 Å². The Bertz CT molecular complexity index is 384. The predicted octanol–water partition coefficient (Wildman–Crippen LogP) is 3.85. The molecule has 0 fully saturated rings. The summed E-state index contributed by atoms with van der Waals surface area (Å²) in [5, 5.41) is 9.13. The molecule has 1 aromatic carbocycles. The molecule has 1 aromatic rings. The molecule has 0 aliphatic rings. The number of aliphatic hydroxyl groups is 1. The highest BCUT2D eigenvalue weighted by molar-refractivity contribution is 5.32. The maximum Gasteiger partial charge on any atom is 0.298 e. The molecule has 0 aliphatic heterocycles. The summed E-state index contributed by atoms with van der Waals surface area (Å²) in [5.41, 5.74) is 0.620. The fraction of sp³-hybridized carbons (Fsp3) is 0.571. The Balaban J connectivity index is 3.19. The van der Waals surface area contributed by atoms with Crippen molar-refractivity contribution in [2.24, 2.45) is 0 Å². The lowest BCUT2D eigenvalue weighted by Gasteiger charge is -2.26. The van der Waals surface area contributed by atoms with Crippen LogP contribution in [0.1, 0.15) is 45.2 Å². The van der Waals surface area contributed by atoms with Crippen molar-refractivity contribution < 1.29 is 13.9 Å². The van der Waals surface area contributed by atoms with E-state index < -0.39 is 12.0 Å². The second-order valence-corrected chi connectivity index (χ2v) is 5.12. The largest absolute Gasteiger partial charge is 0.387 e. The summed E-state index contributed by atoms with van der Waals surface area (Å²) in [6.45, 7) is 7.18. The van der Waals surface area contributed by atoms with Gasteiger partial charge in [-0.15, -0.1) is 0 Å². The first-order valence-corrected chi connectivity index (χ1v) is 5.88. The van der Waals surface area contributed by atoms with E-state index in [2.05, 4.69) is 0 Å². The summed E-state index contributed by atoms with van der Waals surface area (Å²) < 4.78 is 27.4. The average molecular weight is 242 g/mol. The van der Waals surface area contributed by atoms with Crippen molar-refractivity contribution in [3.05, 3.63) is 35.4 Å². The van der Waals surface area contributed by atoms with Crippen molar-refractivity contribution in [2.45, 2.75) is 51.6 Å². The zero-order valence-corrected chi connectivity index (χ0v) is 10.8.